The summed E-state index contributed by atoms with van der Waals surface area (Å²) in [6.07, 6.45) is 0. The molecule has 2 aromatic rings. The Labute approximate surface area is 156 Å². The minimum atomic E-state index is -0.133. The molecule has 1 heterocycles. The maximum absolute atomic E-state index is 12.0. The number of carbonyl (C=O) groups excluding carboxylic acids is 1. The van der Waals surface area contributed by atoms with Crippen molar-refractivity contribution in [3.05, 3.63) is 27.7 Å². The number of thioether (sulfide) groups is 1. The molecule has 1 amide bonds. The van der Waals surface area contributed by atoms with Gasteiger partial charge in [-0.25, -0.2) is 0 Å². The second kappa shape index (κ2) is 8.86. The maximum atomic E-state index is 12.0. The zero-order chi connectivity index (χ0) is 16.8. The van der Waals surface area contributed by atoms with Crippen molar-refractivity contribution in [3.8, 4) is 0 Å². The number of halogens is 2. The number of hydrogen-bond acceptors (Lipinski definition) is 6. The fraction of sp³-hybridized carbons (Fsp3) is 0.357. The molecular formula is C14H16BrClN4OS2. The molecule has 0 atom stereocenters. The van der Waals surface area contributed by atoms with Crippen LogP contribution in [-0.2, 0) is 4.79 Å². The Morgan fingerprint density at radius 1 is 1.43 bits per heavy atom. The van der Waals surface area contributed by atoms with Gasteiger partial charge in [-0.3, -0.25) is 4.79 Å². The van der Waals surface area contributed by atoms with Gasteiger partial charge in [0.2, 0.25) is 11.0 Å². The number of hydrogen-bond donors (Lipinski definition) is 2. The van der Waals surface area contributed by atoms with E-state index in [2.05, 4.69) is 50.6 Å². The lowest BCUT2D eigenvalue weighted by Gasteiger charge is -2.06. The van der Waals surface area contributed by atoms with Gasteiger partial charge in [-0.2, -0.15) is 0 Å². The maximum Gasteiger partial charge on any atom is 0.234 e. The third-order valence-corrected chi connectivity index (χ3v) is 5.42. The van der Waals surface area contributed by atoms with Crippen LogP contribution in [-0.4, -0.2) is 28.4 Å². The third kappa shape index (κ3) is 6.29. The number of rotatable bonds is 7. The molecule has 23 heavy (non-hydrogen) atoms. The molecule has 0 saturated carbocycles. The topological polar surface area (TPSA) is 66.9 Å². The molecule has 0 bridgehead atoms. The summed E-state index contributed by atoms with van der Waals surface area (Å²) in [5.41, 5.74) is 0.594. The summed E-state index contributed by atoms with van der Waals surface area (Å²) in [6, 6.07) is 5.32. The second-order valence-electron chi connectivity index (χ2n) is 5.11. The molecule has 0 saturated heterocycles. The van der Waals surface area contributed by atoms with Crippen molar-refractivity contribution in [2.75, 3.05) is 22.9 Å². The first-order valence-corrected chi connectivity index (χ1v) is 9.86. The van der Waals surface area contributed by atoms with Crippen LogP contribution in [0.5, 0.6) is 0 Å². The molecule has 2 rings (SSSR count). The summed E-state index contributed by atoms with van der Waals surface area (Å²) in [5.74, 6) is 0.660. The fourth-order valence-corrected chi connectivity index (χ4v) is 3.81. The summed E-state index contributed by atoms with van der Waals surface area (Å²) < 4.78 is 1.62. The predicted octanol–water partition coefficient (Wildman–Crippen LogP) is 4.75. The van der Waals surface area contributed by atoms with Crippen LogP contribution in [0.1, 0.15) is 13.8 Å². The van der Waals surface area contributed by atoms with E-state index in [1.54, 1.807) is 12.1 Å². The summed E-state index contributed by atoms with van der Waals surface area (Å²) in [5, 5.41) is 15.4. The smallest absolute Gasteiger partial charge is 0.234 e. The normalized spacial score (nSPS) is 10.8. The Hall–Kier alpha value is -0.830. The van der Waals surface area contributed by atoms with Crippen molar-refractivity contribution in [2.24, 2.45) is 5.92 Å². The van der Waals surface area contributed by atoms with Gasteiger partial charge in [0.1, 0.15) is 0 Å². The van der Waals surface area contributed by atoms with Crippen LogP contribution in [0.4, 0.5) is 10.8 Å². The highest BCUT2D eigenvalue weighted by Gasteiger charge is 2.10. The molecule has 0 aliphatic rings. The quantitative estimate of drug-likeness (QED) is 0.614. The average molecular weight is 436 g/mol. The molecule has 0 fully saturated rings. The van der Waals surface area contributed by atoms with E-state index in [0.29, 0.717) is 16.6 Å². The van der Waals surface area contributed by atoms with E-state index in [-0.39, 0.29) is 11.7 Å². The number of aromatic nitrogens is 2. The summed E-state index contributed by atoms with van der Waals surface area (Å²) in [6.45, 7) is 5.10. The van der Waals surface area contributed by atoms with Gasteiger partial charge in [0.25, 0.3) is 0 Å². The molecule has 9 heteroatoms. The lowest BCUT2D eigenvalue weighted by molar-refractivity contribution is -0.113. The average Bonchev–Trinajstić information content (AvgIpc) is 2.94. The minimum absolute atomic E-state index is 0.133. The highest BCUT2D eigenvalue weighted by molar-refractivity contribution is 9.10. The largest absolute Gasteiger partial charge is 0.360 e. The third-order valence-electron chi connectivity index (χ3n) is 2.60. The van der Waals surface area contributed by atoms with E-state index < -0.39 is 0 Å². The summed E-state index contributed by atoms with van der Waals surface area (Å²) >= 11 is 12.2. The van der Waals surface area contributed by atoms with Gasteiger partial charge >= 0.3 is 0 Å². The van der Waals surface area contributed by atoms with Crippen LogP contribution in [0.3, 0.4) is 0 Å². The van der Waals surface area contributed by atoms with Crippen LogP contribution in [0, 0.1) is 5.92 Å². The molecule has 0 unspecified atom stereocenters. The van der Waals surface area contributed by atoms with Gasteiger partial charge < -0.3 is 10.6 Å². The first kappa shape index (κ1) is 18.5. The Bertz CT molecular complexity index is 681. The van der Waals surface area contributed by atoms with Gasteiger partial charge in [-0.1, -0.05) is 64.5 Å². The minimum Gasteiger partial charge on any atom is -0.360 e. The van der Waals surface area contributed by atoms with Gasteiger partial charge in [0.15, 0.2) is 4.34 Å². The second-order valence-corrected chi connectivity index (χ2v) is 8.63. The van der Waals surface area contributed by atoms with E-state index >= 15 is 0 Å². The Balaban J connectivity index is 1.82. The Morgan fingerprint density at radius 2 is 2.22 bits per heavy atom. The Kier molecular flexibility index (Phi) is 7.13. The van der Waals surface area contributed by atoms with E-state index in [9.17, 15) is 4.79 Å². The molecule has 124 valence electrons. The molecule has 1 aromatic carbocycles. The van der Waals surface area contributed by atoms with E-state index in [0.717, 1.165) is 20.5 Å². The van der Waals surface area contributed by atoms with Gasteiger partial charge in [0.05, 0.1) is 16.5 Å². The van der Waals surface area contributed by atoms with E-state index in [1.165, 1.54) is 23.1 Å². The molecule has 0 radical (unpaired) electrons. The van der Waals surface area contributed by atoms with Crippen molar-refractivity contribution in [3.63, 3.8) is 0 Å². The standard InChI is InChI=1S/C14H16BrClN4OS2/c1-8(2)6-17-13-19-20-14(23-13)22-7-12(21)18-11-4-3-9(15)5-10(11)16/h3-5,8H,6-7H2,1-2H3,(H,17,19)(H,18,21). The van der Waals surface area contributed by atoms with Crippen LogP contribution < -0.4 is 10.6 Å². The number of carbonyl (C=O) groups is 1. The van der Waals surface area contributed by atoms with Crippen LogP contribution >= 0.6 is 50.6 Å². The molecule has 5 nitrogen and oxygen atoms in total. The first-order chi connectivity index (χ1) is 10.9. The SMILES string of the molecule is CC(C)CNc1nnc(SCC(=O)Nc2ccc(Br)cc2Cl)s1. The van der Waals surface area contributed by atoms with Crippen molar-refractivity contribution in [1.29, 1.82) is 0 Å². The monoisotopic (exact) mass is 434 g/mol. The van der Waals surface area contributed by atoms with Crippen LogP contribution in [0.15, 0.2) is 27.0 Å². The molecule has 0 spiro atoms. The van der Waals surface area contributed by atoms with Crippen molar-refractivity contribution in [2.45, 2.75) is 18.2 Å². The fourth-order valence-electron chi connectivity index (χ4n) is 1.54. The van der Waals surface area contributed by atoms with Gasteiger partial charge in [-0.05, 0) is 24.1 Å². The number of benzene rings is 1. The Morgan fingerprint density at radius 3 is 2.91 bits per heavy atom. The summed E-state index contributed by atoms with van der Waals surface area (Å²) in [4.78, 5) is 12.0. The van der Waals surface area contributed by atoms with Crippen LogP contribution in [0.25, 0.3) is 0 Å². The predicted molar refractivity (Wildman–Crippen MR) is 102 cm³/mol. The number of nitrogens with one attached hydrogen (secondary N) is 2. The van der Waals surface area contributed by atoms with Gasteiger partial charge in [0, 0.05) is 11.0 Å². The molecule has 0 aliphatic heterocycles. The van der Waals surface area contributed by atoms with Crippen molar-refractivity contribution in [1.82, 2.24) is 10.2 Å². The highest BCUT2D eigenvalue weighted by Crippen LogP contribution is 2.28. The molecule has 2 N–H and O–H groups in total. The zero-order valence-corrected chi connectivity index (χ0v) is 16.6. The first-order valence-electron chi connectivity index (χ1n) is 6.89. The number of amides is 1. The van der Waals surface area contributed by atoms with Crippen molar-refractivity contribution >= 4 is 67.4 Å². The lowest BCUT2D eigenvalue weighted by atomic mass is 10.2. The van der Waals surface area contributed by atoms with E-state index in [1.807, 2.05) is 6.07 Å². The molecular weight excluding hydrogens is 420 g/mol. The number of nitrogens with zero attached hydrogens (tertiary/aromatic N) is 2. The van der Waals surface area contributed by atoms with E-state index in [4.69, 9.17) is 11.6 Å². The molecule has 1 aromatic heterocycles. The lowest BCUT2D eigenvalue weighted by Crippen LogP contribution is -2.14. The zero-order valence-electron chi connectivity index (χ0n) is 12.6. The van der Waals surface area contributed by atoms with Crippen LogP contribution in [0.2, 0.25) is 5.02 Å². The highest BCUT2D eigenvalue weighted by atomic mass is 79.9. The van der Waals surface area contributed by atoms with Gasteiger partial charge in [-0.15, -0.1) is 10.2 Å². The molecule has 0 aliphatic carbocycles. The summed E-state index contributed by atoms with van der Waals surface area (Å²) in [7, 11) is 0. The number of anilines is 2. The van der Waals surface area contributed by atoms with Crippen molar-refractivity contribution < 1.29 is 4.79 Å².